The molecule has 0 aromatic heterocycles. The Kier molecular flexibility index (Phi) is 4.14. The second-order valence-electron chi connectivity index (χ2n) is 3.42. The Hall–Kier alpha value is -1.98. The SMILES string of the molecule is O=C(O)CCc1cc(C(F)F)ccc1C(=O)O. The highest BCUT2D eigenvalue weighted by atomic mass is 19.3. The molecule has 4 nitrogen and oxygen atoms in total. The monoisotopic (exact) mass is 244 g/mol. The molecule has 0 radical (unpaired) electrons. The zero-order valence-corrected chi connectivity index (χ0v) is 8.69. The molecule has 0 saturated heterocycles. The summed E-state index contributed by atoms with van der Waals surface area (Å²) in [7, 11) is 0. The molecule has 0 aliphatic heterocycles. The van der Waals surface area contributed by atoms with Crippen LogP contribution in [-0.4, -0.2) is 22.2 Å². The van der Waals surface area contributed by atoms with Crippen molar-refractivity contribution in [1.29, 1.82) is 0 Å². The molecule has 0 bridgehead atoms. The minimum absolute atomic E-state index is 0.0858. The van der Waals surface area contributed by atoms with Crippen LogP contribution < -0.4 is 0 Å². The predicted molar refractivity (Wildman–Crippen MR) is 54.3 cm³/mol. The van der Waals surface area contributed by atoms with Crippen LogP contribution in [0.3, 0.4) is 0 Å². The summed E-state index contributed by atoms with van der Waals surface area (Å²) < 4.78 is 24.8. The van der Waals surface area contributed by atoms with Gasteiger partial charge in [0.2, 0.25) is 0 Å². The van der Waals surface area contributed by atoms with Gasteiger partial charge in [0.15, 0.2) is 0 Å². The van der Waals surface area contributed by atoms with Crippen LogP contribution in [0, 0.1) is 0 Å². The Balaban J connectivity index is 3.06. The van der Waals surface area contributed by atoms with Crippen molar-refractivity contribution in [2.24, 2.45) is 0 Å². The van der Waals surface area contributed by atoms with Gasteiger partial charge in [-0.3, -0.25) is 4.79 Å². The highest BCUT2D eigenvalue weighted by Gasteiger charge is 2.15. The van der Waals surface area contributed by atoms with Gasteiger partial charge in [-0.05, 0) is 24.1 Å². The topological polar surface area (TPSA) is 74.6 Å². The van der Waals surface area contributed by atoms with Gasteiger partial charge in [-0.1, -0.05) is 6.07 Å². The third-order valence-corrected chi connectivity index (χ3v) is 2.22. The number of aromatic carboxylic acids is 1. The third-order valence-electron chi connectivity index (χ3n) is 2.22. The van der Waals surface area contributed by atoms with Crippen LogP contribution in [-0.2, 0) is 11.2 Å². The maximum atomic E-state index is 12.4. The van der Waals surface area contributed by atoms with E-state index in [0.717, 1.165) is 18.2 Å². The second kappa shape index (κ2) is 5.38. The molecule has 0 aliphatic rings. The number of hydrogen-bond acceptors (Lipinski definition) is 2. The predicted octanol–water partition coefficient (Wildman–Crippen LogP) is 2.34. The Morgan fingerprint density at radius 3 is 2.35 bits per heavy atom. The van der Waals surface area contributed by atoms with Gasteiger partial charge in [-0.25, -0.2) is 13.6 Å². The molecule has 0 saturated carbocycles. The summed E-state index contributed by atoms with van der Waals surface area (Å²) >= 11 is 0. The van der Waals surface area contributed by atoms with Crippen molar-refractivity contribution in [3.05, 3.63) is 34.9 Å². The molecule has 0 unspecified atom stereocenters. The number of aliphatic carboxylic acids is 1. The molecule has 0 atom stereocenters. The van der Waals surface area contributed by atoms with Crippen molar-refractivity contribution in [2.45, 2.75) is 19.3 Å². The average Bonchev–Trinajstić information content (AvgIpc) is 2.25. The fourth-order valence-electron chi connectivity index (χ4n) is 1.41. The van der Waals surface area contributed by atoms with Crippen LogP contribution in [0.1, 0.15) is 34.3 Å². The molecular formula is C11H10F2O4. The minimum atomic E-state index is -2.71. The molecular weight excluding hydrogens is 234 g/mol. The first-order valence-corrected chi connectivity index (χ1v) is 4.78. The largest absolute Gasteiger partial charge is 0.481 e. The van der Waals surface area contributed by atoms with Crippen molar-refractivity contribution >= 4 is 11.9 Å². The molecule has 6 heteroatoms. The molecule has 0 amide bonds. The molecule has 92 valence electrons. The Labute approximate surface area is 95.5 Å². The Morgan fingerprint density at radius 2 is 1.88 bits per heavy atom. The van der Waals surface area contributed by atoms with Gasteiger partial charge in [-0.2, -0.15) is 0 Å². The zero-order chi connectivity index (χ0) is 13.0. The van der Waals surface area contributed by atoms with E-state index in [1.165, 1.54) is 0 Å². The van der Waals surface area contributed by atoms with Crippen molar-refractivity contribution in [2.75, 3.05) is 0 Å². The summed E-state index contributed by atoms with van der Waals surface area (Å²) in [6.07, 6.45) is -3.09. The average molecular weight is 244 g/mol. The van der Waals surface area contributed by atoms with E-state index in [0.29, 0.717) is 0 Å². The quantitative estimate of drug-likeness (QED) is 0.833. The minimum Gasteiger partial charge on any atom is -0.481 e. The summed E-state index contributed by atoms with van der Waals surface area (Å²) in [5.74, 6) is -2.37. The van der Waals surface area contributed by atoms with Gasteiger partial charge in [0.05, 0.1) is 5.56 Å². The number of carboxylic acid groups (broad SMARTS) is 2. The first-order valence-electron chi connectivity index (χ1n) is 4.78. The van der Waals surface area contributed by atoms with E-state index in [4.69, 9.17) is 10.2 Å². The summed E-state index contributed by atoms with van der Waals surface area (Å²) in [6.45, 7) is 0. The lowest BCUT2D eigenvalue weighted by Crippen LogP contribution is -2.06. The van der Waals surface area contributed by atoms with Crippen LogP contribution >= 0.6 is 0 Å². The van der Waals surface area contributed by atoms with Crippen LogP contribution in [0.4, 0.5) is 8.78 Å². The summed E-state index contributed by atoms with van der Waals surface area (Å²) in [5.41, 5.74) is -0.344. The maximum absolute atomic E-state index is 12.4. The highest BCUT2D eigenvalue weighted by molar-refractivity contribution is 5.89. The number of alkyl halides is 2. The summed E-state index contributed by atoms with van der Waals surface area (Å²) in [5, 5.41) is 17.3. The standard InChI is InChI=1S/C11H10F2O4/c12-10(13)7-1-3-8(11(16)17)6(5-7)2-4-9(14)15/h1,3,5,10H,2,4H2,(H,14,15)(H,16,17). The van der Waals surface area contributed by atoms with Crippen molar-refractivity contribution < 1.29 is 28.6 Å². The number of carbonyl (C=O) groups is 2. The molecule has 1 rings (SSSR count). The molecule has 1 aromatic rings. The summed E-state index contributed by atoms with van der Waals surface area (Å²) in [6, 6.07) is 3.14. The fourth-order valence-corrected chi connectivity index (χ4v) is 1.41. The lowest BCUT2D eigenvalue weighted by Gasteiger charge is -2.07. The first kappa shape index (κ1) is 13.1. The molecule has 17 heavy (non-hydrogen) atoms. The van der Waals surface area contributed by atoms with Crippen molar-refractivity contribution in [1.82, 2.24) is 0 Å². The van der Waals surface area contributed by atoms with Gasteiger partial charge in [0, 0.05) is 12.0 Å². The van der Waals surface area contributed by atoms with Gasteiger partial charge in [-0.15, -0.1) is 0 Å². The lowest BCUT2D eigenvalue weighted by molar-refractivity contribution is -0.136. The lowest BCUT2D eigenvalue weighted by atomic mass is 10.00. The van der Waals surface area contributed by atoms with Crippen molar-refractivity contribution in [3.8, 4) is 0 Å². The van der Waals surface area contributed by atoms with Gasteiger partial charge in [0.1, 0.15) is 0 Å². The van der Waals surface area contributed by atoms with E-state index in [9.17, 15) is 18.4 Å². The van der Waals surface area contributed by atoms with Crippen LogP contribution in [0.25, 0.3) is 0 Å². The highest BCUT2D eigenvalue weighted by Crippen LogP contribution is 2.22. The van der Waals surface area contributed by atoms with Crippen LogP contribution in [0.5, 0.6) is 0 Å². The Bertz CT molecular complexity index is 443. The Morgan fingerprint density at radius 1 is 1.24 bits per heavy atom. The maximum Gasteiger partial charge on any atom is 0.335 e. The third kappa shape index (κ3) is 3.51. The smallest absolute Gasteiger partial charge is 0.335 e. The van der Waals surface area contributed by atoms with E-state index in [1.54, 1.807) is 0 Å². The number of halogens is 2. The molecule has 1 aromatic carbocycles. The number of hydrogen-bond donors (Lipinski definition) is 2. The van der Waals surface area contributed by atoms with E-state index in [1.807, 2.05) is 0 Å². The number of carboxylic acids is 2. The van der Waals surface area contributed by atoms with Crippen LogP contribution in [0.15, 0.2) is 18.2 Å². The van der Waals surface area contributed by atoms with Gasteiger partial charge < -0.3 is 10.2 Å². The molecule has 2 N–H and O–H groups in total. The number of rotatable bonds is 5. The number of aryl methyl sites for hydroxylation is 1. The molecule has 0 spiro atoms. The van der Waals surface area contributed by atoms with E-state index < -0.39 is 18.4 Å². The summed E-state index contributed by atoms with van der Waals surface area (Å²) in [4.78, 5) is 21.2. The molecule has 0 heterocycles. The normalized spacial score (nSPS) is 10.5. The number of benzene rings is 1. The van der Waals surface area contributed by atoms with Crippen LogP contribution in [0.2, 0.25) is 0 Å². The van der Waals surface area contributed by atoms with Gasteiger partial charge in [0.25, 0.3) is 6.43 Å². The van der Waals surface area contributed by atoms with E-state index in [-0.39, 0.29) is 29.5 Å². The first-order chi connectivity index (χ1) is 7.91. The molecule has 0 fully saturated rings. The molecule has 0 aliphatic carbocycles. The van der Waals surface area contributed by atoms with E-state index >= 15 is 0 Å². The van der Waals surface area contributed by atoms with Crippen molar-refractivity contribution in [3.63, 3.8) is 0 Å². The van der Waals surface area contributed by atoms with E-state index in [2.05, 4.69) is 0 Å². The fraction of sp³-hybridized carbons (Fsp3) is 0.273. The van der Waals surface area contributed by atoms with Gasteiger partial charge >= 0.3 is 11.9 Å². The zero-order valence-electron chi connectivity index (χ0n) is 8.69. The second-order valence-corrected chi connectivity index (χ2v) is 3.42.